The molecule has 0 bridgehead atoms. The monoisotopic (exact) mass is 271 g/mol. The summed E-state index contributed by atoms with van der Waals surface area (Å²) in [5.41, 5.74) is 2.72. The molecule has 0 N–H and O–H groups in total. The van der Waals surface area contributed by atoms with E-state index in [0.29, 0.717) is 5.75 Å². The quantitative estimate of drug-likeness (QED) is 0.852. The molecule has 0 aromatic heterocycles. The van der Waals surface area contributed by atoms with Gasteiger partial charge in [0.05, 0.1) is 10.8 Å². The molecule has 0 saturated heterocycles. The molecule has 2 nitrogen and oxygen atoms in total. The van der Waals surface area contributed by atoms with Crippen molar-refractivity contribution < 1.29 is 4.21 Å². The van der Waals surface area contributed by atoms with Crippen LogP contribution in [0.15, 0.2) is 59.5 Å². The summed E-state index contributed by atoms with van der Waals surface area (Å²) in [6, 6.07) is 18.2. The summed E-state index contributed by atoms with van der Waals surface area (Å²) in [6.07, 6.45) is 1.11. The van der Waals surface area contributed by atoms with Gasteiger partial charge in [-0.05, 0) is 30.2 Å². The second-order valence-electron chi connectivity index (χ2n) is 4.73. The van der Waals surface area contributed by atoms with Gasteiger partial charge in [-0.15, -0.1) is 0 Å². The summed E-state index contributed by atoms with van der Waals surface area (Å²) in [7, 11) is -0.898. The van der Waals surface area contributed by atoms with E-state index in [1.807, 2.05) is 30.3 Å². The summed E-state index contributed by atoms with van der Waals surface area (Å²) < 4.78 is 12.2. The molecule has 1 heterocycles. The number of para-hydroxylation sites is 1. The van der Waals surface area contributed by atoms with Gasteiger partial charge in [0.15, 0.2) is 0 Å². The maximum absolute atomic E-state index is 12.2. The zero-order chi connectivity index (χ0) is 13.1. The molecule has 2 aromatic carbocycles. The predicted molar refractivity (Wildman–Crippen MR) is 80.1 cm³/mol. The van der Waals surface area contributed by atoms with Crippen LogP contribution in [-0.2, 0) is 17.2 Å². The number of nitrogens with zero attached hydrogens (tertiary/aromatic N) is 1. The third kappa shape index (κ3) is 2.71. The minimum absolute atomic E-state index is 0.693. The largest absolute Gasteiger partial charge is 0.370 e. The Morgan fingerprint density at radius 3 is 2.58 bits per heavy atom. The topological polar surface area (TPSA) is 20.3 Å². The molecule has 19 heavy (non-hydrogen) atoms. The number of benzene rings is 2. The molecule has 0 aliphatic carbocycles. The first-order valence-electron chi connectivity index (χ1n) is 6.61. The van der Waals surface area contributed by atoms with Crippen LogP contribution in [0.1, 0.15) is 5.56 Å². The van der Waals surface area contributed by atoms with Crippen LogP contribution < -0.4 is 4.90 Å². The fourth-order valence-corrected chi connectivity index (χ4v) is 3.60. The molecular weight excluding hydrogens is 254 g/mol. The van der Waals surface area contributed by atoms with Gasteiger partial charge in [0.2, 0.25) is 0 Å². The van der Waals surface area contributed by atoms with E-state index in [0.717, 1.165) is 24.4 Å². The van der Waals surface area contributed by atoms with E-state index in [4.69, 9.17) is 0 Å². The molecule has 0 radical (unpaired) electrons. The molecule has 1 aliphatic rings. The number of hydrogen-bond acceptors (Lipinski definition) is 2. The first kappa shape index (κ1) is 12.4. The lowest BCUT2D eigenvalue weighted by atomic mass is 10.2. The Kier molecular flexibility index (Phi) is 3.65. The molecule has 3 heteroatoms. The zero-order valence-corrected chi connectivity index (χ0v) is 11.6. The molecule has 1 aliphatic heterocycles. The van der Waals surface area contributed by atoms with Crippen LogP contribution in [0.25, 0.3) is 0 Å². The van der Waals surface area contributed by atoms with Gasteiger partial charge in [-0.25, -0.2) is 0 Å². The average molecular weight is 271 g/mol. The number of hydrogen-bond donors (Lipinski definition) is 0. The van der Waals surface area contributed by atoms with Crippen LogP contribution in [0.4, 0.5) is 5.69 Å². The van der Waals surface area contributed by atoms with Crippen molar-refractivity contribution in [2.45, 2.75) is 11.3 Å². The minimum atomic E-state index is -0.898. The van der Waals surface area contributed by atoms with Gasteiger partial charge in [0, 0.05) is 29.4 Å². The number of fused-ring (bicyclic) bond motifs is 1. The summed E-state index contributed by atoms with van der Waals surface area (Å²) in [5.74, 6) is 0.693. The van der Waals surface area contributed by atoms with Crippen LogP contribution in [0, 0.1) is 0 Å². The standard InChI is InChI=1S/C16H17NOS/c18-19(15-7-2-1-3-8-15)13-12-17-11-10-14-6-4-5-9-16(14)17/h1-9H,10-13H2. The Bertz CT molecular complexity index is 582. The van der Waals surface area contributed by atoms with Gasteiger partial charge in [0.1, 0.15) is 0 Å². The zero-order valence-electron chi connectivity index (χ0n) is 10.8. The lowest BCUT2D eigenvalue weighted by molar-refractivity contribution is 0.681. The van der Waals surface area contributed by atoms with Crippen LogP contribution in [-0.4, -0.2) is 23.1 Å². The highest BCUT2D eigenvalue weighted by Crippen LogP contribution is 2.27. The SMILES string of the molecule is O=S(CCN1CCc2ccccc21)c1ccccc1. The van der Waals surface area contributed by atoms with Gasteiger partial charge in [-0.3, -0.25) is 4.21 Å². The fraction of sp³-hybridized carbons (Fsp3) is 0.250. The van der Waals surface area contributed by atoms with Crippen molar-refractivity contribution in [2.24, 2.45) is 0 Å². The predicted octanol–water partition coefficient (Wildman–Crippen LogP) is 2.86. The smallest absolute Gasteiger partial charge is 0.0547 e. The van der Waals surface area contributed by atoms with Crippen LogP contribution in [0.5, 0.6) is 0 Å². The molecular formula is C16H17NOS. The van der Waals surface area contributed by atoms with E-state index in [1.165, 1.54) is 11.3 Å². The maximum atomic E-state index is 12.2. The molecule has 0 spiro atoms. The molecule has 1 unspecified atom stereocenters. The van der Waals surface area contributed by atoms with Gasteiger partial charge in [-0.1, -0.05) is 36.4 Å². The minimum Gasteiger partial charge on any atom is -0.370 e. The van der Waals surface area contributed by atoms with E-state index in [-0.39, 0.29) is 0 Å². The summed E-state index contributed by atoms with van der Waals surface area (Å²) in [4.78, 5) is 3.27. The van der Waals surface area contributed by atoms with Crippen molar-refractivity contribution >= 4 is 16.5 Å². The Hall–Kier alpha value is -1.61. The molecule has 3 rings (SSSR count). The summed E-state index contributed by atoms with van der Waals surface area (Å²) in [6.45, 7) is 1.91. The summed E-state index contributed by atoms with van der Waals surface area (Å²) >= 11 is 0. The van der Waals surface area contributed by atoms with Gasteiger partial charge in [0.25, 0.3) is 0 Å². The third-order valence-corrected chi connectivity index (χ3v) is 4.89. The van der Waals surface area contributed by atoms with E-state index < -0.39 is 10.8 Å². The van der Waals surface area contributed by atoms with Gasteiger partial charge >= 0.3 is 0 Å². The lowest BCUT2D eigenvalue weighted by Gasteiger charge is -2.18. The normalized spacial score (nSPS) is 15.3. The van der Waals surface area contributed by atoms with Crippen molar-refractivity contribution in [3.8, 4) is 0 Å². The highest BCUT2D eigenvalue weighted by Gasteiger charge is 2.18. The van der Waals surface area contributed by atoms with Crippen LogP contribution in [0.3, 0.4) is 0 Å². The van der Waals surface area contributed by atoms with Crippen molar-refractivity contribution in [3.63, 3.8) is 0 Å². The molecule has 0 amide bonds. The van der Waals surface area contributed by atoms with E-state index in [2.05, 4.69) is 29.2 Å². The first-order chi connectivity index (χ1) is 9.34. The highest BCUT2D eigenvalue weighted by molar-refractivity contribution is 7.85. The van der Waals surface area contributed by atoms with Crippen molar-refractivity contribution in [1.82, 2.24) is 0 Å². The Balaban J connectivity index is 1.64. The maximum Gasteiger partial charge on any atom is 0.0547 e. The summed E-state index contributed by atoms with van der Waals surface area (Å²) in [5, 5.41) is 0. The molecule has 0 fully saturated rings. The van der Waals surface area contributed by atoms with Crippen molar-refractivity contribution in [2.75, 3.05) is 23.7 Å². The lowest BCUT2D eigenvalue weighted by Crippen LogP contribution is -2.25. The first-order valence-corrected chi connectivity index (χ1v) is 7.93. The van der Waals surface area contributed by atoms with Crippen LogP contribution >= 0.6 is 0 Å². The molecule has 2 aromatic rings. The number of rotatable bonds is 4. The van der Waals surface area contributed by atoms with Crippen LogP contribution in [0.2, 0.25) is 0 Å². The fourth-order valence-electron chi connectivity index (χ4n) is 2.52. The molecule has 1 atom stereocenters. The van der Waals surface area contributed by atoms with Crippen molar-refractivity contribution in [3.05, 3.63) is 60.2 Å². The molecule has 0 saturated carbocycles. The second-order valence-corrected chi connectivity index (χ2v) is 6.30. The Morgan fingerprint density at radius 1 is 1.00 bits per heavy atom. The average Bonchev–Trinajstić information content (AvgIpc) is 2.89. The third-order valence-electron chi connectivity index (χ3n) is 3.54. The van der Waals surface area contributed by atoms with E-state index in [9.17, 15) is 4.21 Å². The van der Waals surface area contributed by atoms with E-state index >= 15 is 0 Å². The Labute approximate surface area is 116 Å². The molecule has 98 valence electrons. The van der Waals surface area contributed by atoms with Crippen molar-refractivity contribution in [1.29, 1.82) is 0 Å². The van der Waals surface area contributed by atoms with Gasteiger partial charge < -0.3 is 4.90 Å². The van der Waals surface area contributed by atoms with Gasteiger partial charge in [-0.2, -0.15) is 0 Å². The number of anilines is 1. The highest BCUT2D eigenvalue weighted by atomic mass is 32.2. The Morgan fingerprint density at radius 2 is 1.74 bits per heavy atom. The second kappa shape index (κ2) is 5.57. The van der Waals surface area contributed by atoms with E-state index in [1.54, 1.807) is 0 Å².